The molecule has 0 amide bonds. The van der Waals surface area contributed by atoms with Crippen LogP contribution in [-0.2, 0) is 6.42 Å². The number of anilines is 1. The van der Waals surface area contributed by atoms with Crippen molar-refractivity contribution in [3.63, 3.8) is 0 Å². The number of ether oxygens (including phenoxy) is 2. The highest BCUT2D eigenvalue weighted by molar-refractivity contribution is 6.09. The fourth-order valence-electron chi connectivity index (χ4n) is 2.80. The highest BCUT2D eigenvalue weighted by Gasteiger charge is 2.18. The Morgan fingerprint density at radius 3 is 2.62 bits per heavy atom. The van der Waals surface area contributed by atoms with Crippen molar-refractivity contribution in [3.05, 3.63) is 53.1 Å². The molecule has 0 saturated carbocycles. The third kappa shape index (κ3) is 2.13. The van der Waals surface area contributed by atoms with E-state index in [1.54, 1.807) is 18.2 Å². The Hall–Kier alpha value is -2.49. The van der Waals surface area contributed by atoms with Crippen molar-refractivity contribution in [1.29, 1.82) is 0 Å². The third-order valence-corrected chi connectivity index (χ3v) is 3.88. The molecule has 1 N–H and O–H groups in total. The van der Waals surface area contributed by atoms with Crippen molar-refractivity contribution in [3.8, 4) is 11.5 Å². The van der Waals surface area contributed by atoms with Crippen molar-refractivity contribution in [2.75, 3.05) is 25.1 Å². The summed E-state index contributed by atoms with van der Waals surface area (Å²) in [5, 5.41) is 3.30. The Kier molecular flexibility index (Phi) is 2.81. The first-order valence-corrected chi connectivity index (χ1v) is 7.12. The van der Waals surface area contributed by atoms with Gasteiger partial charge in [0.1, 0.15) is 13.2 Å². The van der Waals surface area contributed by atoms with E-state index >= 15 is 0 Å². The zero-order valence-electron chi connectivity index (χ0n) is 11.5. The van der Waals surface area contributed by atoms with E-state index in [0.717, 1.165) is 18.7 Å². The van der Waals surface area contributed by atoms with Crippen LogP contribution >= 0.6 is 0 Å². The zero-order chi connectivity index (χ0) is 14.2. The van der Waals surface area contributed by atoms with Crippen molar-refractivity contribution >= 4 is 11.5 Å². The smallest absolute Gasteiger partial charge is 0.193 e. The second-order valence-corrected chi connectivity index (χ2v) is 5.24. The summed E-state index contributed by atoms with van der Waals surface area (Å²) in [4.78, 5) is 12.6. The molecule has 2 aliphatic rings. The van der Waals surface area contributed by atoms with E-state index in [-0.39, 0.29) is 5.78 Å². The summed E-state index contributed by atoms with van der Waals surface area (Å²) in [6, 6.07) is 11.2. The fraction of sp³-hybridized carbons (Fsp3) is 0.235. The number of hydrogen-bond donors (Lipinski definition) is 1. The van der Waals surface area contributed by atoms with Gasteiger partial charge in [-0.2, -0.15) is 0 Å². The van der Waals surface area contributed by atoms with E-state index in [9.17, 15) is 4.79 Å². The van der Waals surface area contributed by atoms with Gasteiger partial charge in [0.15, 0.2) is 17.3 Å². The summed E-state index contributed by atoms with van der Waals surface area (Å²) in [5.41, 5.74) is 3.69. The third-order valence-electron chi connectivity index (χ3n) is 3.88. The van der Waals surface area contributed by atoms with Gasteiger partial charge < -0.3 is 14.8 Å². The van der Waals surface area contributed by atoms with Gasteiger partial charge >= 0.3 is 0 Å². The van der Waals surface area contributed by atoms with Crippen molar-refractivity contribution in [2.45, 2.75) is 6.42 Å². The fourth-order valence-corrected chi connectivity index (χ4v) is 2.80. The molecule has 0 spiro atoms. The SMILES string of the molecule is O=C(c1ccc2c(c1)CCN2)c1ccc2c(c1)OCCO2. The lowest BCUT2D eigenvalue weighted by atomic mass is 10.00. The minimum Gasteiger partial charge on any atom is -0.486 e. The molecule has 0 fully saturated rings. The van der Waals surface area contributed by atoms with Crippen LogP contribution in [0.4, 0.5) is 5.69 Å². The maximum Gasteiger partial charge on any atom is 0.193 e. The largest absolute Gasteiger partial charge is 0.486 e. The van der Waals surface area contributed by atoms with Gasteiger partial charge in [-0.15, -0.1) is 0 Å². The van der Waals surface area contributed by atoms with Crippen LogP contribution in [0.3, 0.4) is 0 Å². The van der Waals surface area contributed by atoms with Gasteiger partial charge in [0.25, 0.3) is 0 Å². The summed E-state index contributed by atoms with van der Waals surface area (Å²) in [7, 11) is 0. The highest BCUT2D eigenvalue weighted by Crippen LogP contribution is 2.32. The van der Waals surface area contributed by atoms with Gasteiger partial charge in [0.05, 0.1) is 0 Å². The first kappa shape index (κ1) is 12.3. The first-order chi connectivity index (χ1) is 10.3. The molecule has 4 rings (SSSR count). The van der Waals surface area contributed by atoms with Crippen LogP contribution in [-0.4, -0.2) is 25.5 Å². The summed E-state index contributed by atoms with van der Waals surface area (Å²) in [6.07, 6.45) is 0.970. The van der Waals surface area contributed by atoms with Crippen LogP contribution in [0.15, 0.2) is 36.4 Å². The molecule has 106 valence electrons. The number of fused-ring (bicyclic) bond motifs is 2. The number of ketones is 1. The Morgan fingerprint density at radius 2 is 1.71 bits per heavy atom. The average molecular weight is 281 g/mol. The second kappa shape index (κ2) is 4.81. The molecule has 0 aromatic heterocycles. The van der Waals surface area contributed by atoms with E-state index in [4.69, 9.17) is 9.47 Å². The topological polar surface area (TPSA) is 47.6 Å². The van der Waals surface area contributed by atoms with E-state index in [0.29, 0.717) is 35.8 Å². The second-order valence-electron chi connectivity index (χ2n) is 5.24. The van der Waals surface area contributed by atoms with Crippen molar-refractivity contribution in [1.82, 2.24) is 0 Å². The number of benzene rings is 2. The highest BCUT2D eigenvalue weighted by atomic mass is 16.6. The first-order valence-electron chi connectivity index (χ1n) is 7.12. The van der Waals surface area contributed by atoms with Crippen LogP contribution < -0.4 is 14.8 Å². The Bertz CT molecular complexity index is 724. The summed E-state index contributed by atoms with van der Waals surface area (Å²) < 4.78 is 11.0. The molecule has 2 heterocycles. The summed E-state index contributed by atoms with van der Waals surface area (Å²) in [5.74, 6) is 1.37. The maximum atomic E-state index is 12.6. The van der Waals surface area contributed by atoms with Gasteiger partial charge in [-0.25, -0.2) is 0 Å². The van der Waals surface area contributed by atoms with Crippen molar-refractivity contribution in [2.24, 2.45) is 0 Å². The van der Waals surface area contributed by atoms with Crippen LogP contribution in [0.5, 0.6) is 11.5 Å². The van der Waals surface area contributed by atoms with Crippen LogP contribution in [0.2, 0.25) is 0 Å². The number of nitrogens with one attached hydrogen (secondary N) is 1. The molecule has 21 heavy (non-hydrogen) atoms. The molecule has 2 aliphatic heterocycles. The maximum absolute atomic E-state index is 12.6. The van der Waals surface area contributed by atoms with Gasteiger partial charge in [0.2, 0.25) is 0 Å². The Labute approximate surface area is 122 Å². The average Bonchev–Trinajstić information content (AvgIpc) is 3.01. The van der Waals surface area contributed by atoms with Crippen LogP contribution in [0, 0.1) is 0 Å². The minimum atomic E-state index is 0.0154. The van der Waals surface area contributed by atoms with E-state index in [1.165, 1.54) is 5.56 Å². The van der Waals surface area contributed by atoms with Gasteiger partial charge in [-0.1, -0.05) is 0 Å². The van der Waals surface area contributed by atoms with Crippen LogP contribution in [0.1, 0.15) is 21.5 Å². The van der Waals surface area contributed by atoms with E-state index in [1.807, 2.05) is 18.2 Å². The molecule has 0 radical (unpaired) electrons. The lowest BCUT2D eigenvalue weighted by molar-refractivity contribution is 0.103. The molecule has 4 heteroatoms. The number of hydrogen-bond acceptors (Lipinski definition) is 4. The Balaban J connectivity index is 1.68. The molecule has 4 nitrogen and oxygen atoms in total. The predicted octanol–water partition coefficient (Wildman–Crippen LogP) is 2.66. The summed E-state index contributed by atoms with van der Waals surface area (Å²) in [6.45, 7) is 2.02. The van der Waals surface area contributed by atoms with Gasteiger partial charge in [0, 0.05) is 23.4 Å². The molecule has 2 aromatic rings. The van der Waals surface area contributed by atoms with E-state index in [2.05, 4.69) is 5.32 Å². The molecule has 2 aromatic carbocycles. The lowest BCUT2D eigenvalue weighted by Gasteiger charge is -2.18. The van der Waals surface area contributed by atoms with Gasteiger partial charge in [-0.05, 0) is 48.4 Å². The van der Waals surface area contributed by atoms with Gasteiger partial charge in [-0.3, -0.25) is 4.79 Å². The number of rotatable bonds is 2. The molecule has 0 unspecified atom stereocenters. The molecular weight excluding hydrogens is 266 g/mol. The Morgan fingerprint density at radius 1 is 0.952 bits per heavy atom. The summed E-state index contributed by atoms with van der Waals surface area (Å²) >= 11 is 0. The quantitative estimate of drug-likeness (QED) is 0.860. The standard InChI is InChI=1S/C17H15NO3/c19-17(12-1-3-14-11(9-12)5-6-18-14)13-2-4-15-16(10-13)21-8-7-20-15/h1-4,9-10,18H,5-8H2. The molecular formula is C17H15NO3. The lowest BCUT2D eigenvalue weighted by Crippen LogP contribution is -2.15. The molecule has 0 aliphatic carbocycles. The van der Waals surface area contributed by atoms with Crippen molar-refractivity contribution < 1.29 is 14.3 Å². The monoisotopic (exact) mass is 281 g/mol. The van der Waals surface area contributed by atoms with E-state index < -0.39 is 0 Å². The number of carbonyl (C=O) groups is 1. The molecule has 0 bridgehead atoms. The molecule has 0 atom stereocenters. The van der Waals surface area contributed by atoms with Crippen LogP contribution in [0.25, 0.3) is 0 Å². The minimum absolute atomic E-state index is 0.0154. The zero-order valence-corrected chi connectivity index (χ0v) is 11.5. The number of carbonyl (C=O) groups excluding carboxylic acids is 1. The predicted molar refractivity (Wildman–Crippen MR) is 79.5 cm³/mol. The normalized spacial score (nSPS) is 15.2. The molecule has 0 saturated heterocycles.